The average Bonchev–Trinajstić information content (AvgIpc) is 2.03. The molecule has 0 aliphatic carbocycles. The monoisotopic (exact) mass is 178 g/mol. The van der Waals surface area contributed by atoms with E-state index in [0.29, 0.717) is 6.42 Å². The molecule has 0 aliphatic rings. The molecule has 0 radical (unpaired) electrons. The third-order valence-corrected chi connectivity index (χ3v) is 1.54. The van der Waals surface area contributed by atoms with E-state index >= 15 is 0 Å². The Morgan fingerprint density at radius 2 is 2.00 bits per heavy atom. The molecule has 72 valence electrons. The summed E-state index contributed by atoms with van der Waals surface area (Å²) >= 11 is 0. The molecule has 0 spiro atoms. The van der Waals surface area contributed by atoms with Gasteiger partial charge >= 0.3 is 0 Å². The van der Waals surface area contributed by atoms with Gasteiger partial charge in [-0.15, -0.1) is 0 Å². The molecule has 0 saturated carbocycles. The Kier molecular flexibility index (Phi) is 5.86. The van der Waals surface area contributed by atoms with Gasteiger partial charge in [0.15, 0.2) is 5.78 Å². The summed E-state index contributed by atoms with van der Waals surface area (Å²) in [5.74, 6) is 0.198. The topological polar surface area (TPSA) is 17.1 Å². The summed E-state index contributed by atoms with van der Waals surface area (Å²) in [7, 11) is 0. The fraction of sp³-hybridized carbons (Fsp3) is 0.417. The van der Waals surface area contributed by atoms with Crippen molar-refractivity contribution in [3.63, 3.8) is 0 Å². The van der Waals surface area contributed by atoms with E-state index in [1.807, 2.05) is 26.8 Å². The van der Waals surface area contributed by atoms with Crippen LogP contribution in [0.5, 0.6) is 0 Å². The number of hydrogen-bond donors (Lipinski definition) is 0. The number of allylic oxidation sites excluding steroid dienone is 5. The highest BCUT2D eigenvalue weighted by atomic mass is 16.1. The SMILES string of the molecule is C=C/C=C(\C=C(C)C)C(=O)CCC. The molecule has 13 heavy (non-hydrogen) atoms. The van der Waals surface area contributed by atoms with E-state index in [1.165, 1.54) is 0 Å². The fourth-order valence-corrected chi connectivity index (χ4v) is 1.03. The van der Waals surface area contributed by atoms with E-state index in [4.69, 9.17) is 0 Å². The van der Waals surface area contributed by atoms with Gasteiger partial charge < -0.3 is 0 Å². The Hall–Kier alpha value is -1.11. The highest BCUT2D eigenvalue weighted by Gasteiger charge is 2.03. The van der Waals surface area contributed by atoms with Crippen molar-refractivity contribution in [2.45, 2.75) is 33.6 Å². The van der Waals surface area contributed by atoms with Gasteiger partial charge in [0, 0.05) is 12.0 Å². The van der Waals surface area contributed by atoms with Crippen LogP contribution >= 0.6 is 0 Å². The third-order valence-electron chi connectivity index (χ3n) is 1.54. The second-order valence-electron chi connectivity index (χ2n) is 3.25. The van der Waals surface area contributed by atoms with Crippen LogP contribution in [0.3, 0.4) is 0 Å². The molecule has 0 saturated heterocycles. The predicted molar refractivity (Wildman–Crippen MR) is 57.6 cm³/mol. The van der Waals surface area contributed by atoms with Gasteiger partial charge in [0.25, 0.3) is 0 Å². The number of carbonyl (C=O) groups excluding carboxylic acids is 1. The van der Waals surface area contributed by atoms with Crippen LogP contribution < -0.4 is 0 Å². The van der Waals surface area contributed by atoms with Crippen molar-refractivity contribution in [1.29, 1.82) is 0 Å². The van der Waals surface area contributed by atoms with Crippen molar-refractivity contribution < 1.29 is 4.79 Å². The lowest BCUT2D eigenvalue weighted by atomic mass is 10.0. The molecule has 0 bridgehead atoms. The largest absolute Gasteiger partial charge is 0.294 e. The van der Waals surface area contributed by atoms with Gasteiger partial charge in [-0.05, 0) is 20.3 Å². The maximum absolute atomic E-state index is 11.5. The van der Waals surface area contributed by atoms with Gasteiger partial charge in [0.1, 0.15) is 0 Å². The summed E-state index contributed by atoms with van der Waals surface area (Å²) in [4.78, 5) is 11.5. The van der Waals surface area contributed by atoms with Crippen LogP contribution in [0, 0.1) is 0 Å². The van der Waals surface area contributed by atoms with Gasteiger partial charge in [-0.1, -0.05) is 37.3 Å². The number of carbonyl (C=O) groups is 1. The van der Waals surface area contributed by atoms with Crippen LogP contribution in [0.4, 0.5) is 0 Å². The molecule has 1 nitrogen and oxygen atoms in total. The zero-order valence-corrected chi connectivity index (χ0v) is 8.76. The number of Topliss-reactive ketones (excluding diaryl/α,β-unsaturated/α-hetero) is 1. The Morgan fingerprint density at radius 3 is 2.38 bits per heavy atom. The Balaban J connectivity index is 4.62. The van der Waals surface area contributed by atoms with E-state index in [1.54, 1.807) is 12.2 Å². The Morgan fingerprint density at radius 1 is 1.38 bits per heavy atom. The summed E-state index contributed by atoms with van der Waals surface area (Å²) in [6.07, 6.45) is 6.83. The van der Waals surface area contributed by atoms with Crippen molar-refractivity contribution in [1.82, 2.24) is 0 Å². The first-order valence-corrected chi connectivity index (χ1v) is 4.62. The first kappa shape index (κ1) is 11.9. The molecular weight excluding hydrogens is 160 g/mol. The van der Waals surface area contributed by atoms with E-state index < -0.39 is 0 Å². The van der Waals surface area contributed by atoms with Gasteiger partial charge in [-0.3, -0.25) is 4.79 Å². The number of hydrogen-bond acceptors (Lipinski definition) is 1. The first-order chi connectivity index (χ1) is 6.11. The molecule has 0 heterocycles. The van der Waals surface area contributed by atoms with E-state index in [9.17, 15) is 4.79 Å². The zero-order valence-electron chi connectivity index (χ0n) is 8.76. The summed E-state index contributed by atoms with van der Waals surface area (Å²) in [6, 6.07) is 0. The molecule has 0 aromatic carbocycles. The van der Waals surface area contributed by atoms with E-state index in [0.717, 1.165) is 17.6 Å². The molecule has 0 aliphatic heterocycles. The van der Waals surface area contributed by atoms with Crippen LogP contribution in [0.1, 0.15) is 33.6 Å². The summed E-state index contributed by atoms with van der Waals surface area (Å²) in [5, 5.41) is 0. The summed E-state index contributed by atoms with van der Waals surface area (Å²) in [5.41, 5.74) is 1.90. The lowest BCUT2D eigenvalue weighted by Gasteiger charge is -1.99. The molecular formula is C12H18O. The molecule has 0 atom stereocenters. The van der Waals surface area contributed by atoms with Crippen LogP contribution in [0.25, 0.3) is 0 Å². The summed E-state index contributed by atoms with van der Waals surface area (Å²) in [6.45, 7) is 9.56. The van der Waals surface area contributed by atoms with Crippen molar-refractivity contribution >= 4 is 5.78 Å². The molecule has 0 amide bonds. The summed E-state index contributed by atoms with van der Waals surface area (Å²) < 4.78 is 0. The smallest absolute Gasteiger partial charge is 0.162 e. The second-order valence-corrected chi connectivity index (χ2v) is 3.25. The molecule has 0 unspecified atom stereocenters. The lowest BCUT2D eigenvalue weighted by Crippen LogP contribution is -1.99. The number of ketones is 1. The highest BCUT2D eigenvalue weighted by molar-refractivity contribution is 5.98. The van der Waals surface area contributed by atoms with Crippen LogP contribution in [-0.2, 0) is 4.79 Å². The van der Waals surface area contributed by atoms with E-state index in [2.05, 4.69) is 6.58 Å². The van der Waals surface area contributed by atoms with Crippen LogP contribution in [0.2, 0.25) is 0 Å². The minimum Gasteiger partial charge on any atom is -0.294 e. The third kappa shape index (κ3) is 5.18. The van der Waals surface area contributed by atoms with Crippen molar-refractivity contribution in [2.24, 2.45) is 0 Å². The van der Waals surface area contributed by atoms with Crippen molar-refractivity contribution in [3.8, 4) is 0 Å². The minimum atomic E-state index is 0.198. The van der Waals surface area contributed by atoms with Gasteiger partial charge in [-0.2, -0.15) is 0 Å². The Bertz CT molecular complexity index is 240. The fourth-order valence-electron chi connectivity index (χ4n) is 1.03. The van der Waals surface area contributed by atoms with Crippen molar-refractivity contribution in [3.05, 3.63) is 36.0 Å². The average molecular weight is 178 g/mol. The first-order valence-electron chi connectivity index (χ1n) is 4.62. The maximum atomic E-state index is 11.5. The minimum absolute atomic E-state index is 0.198. The highest BCUT2D eigenvalue weighted by Crippen LogP contribution is 2.07. The number of rotatable bonds is 5. The molecule has 0 fully saturated rings. The normalized spacial score (nSPS) is 10.8. The molecule has 0 aromatic rings. The maximum Gasteiger partial charge on any atom is 0.162 e. The van der Waals surface area contributed by atoms with Crippen LogP contribution in [-0.4, -0.2) is 5.78 Å². The standard InChI is InChI=1S/C12H18O/c1-5-7-11(9-10(3)4)12(13)8-6-2/h5,7,9H,1,6,8H2,2-4H3/b11-7+. The predicted octanol–water partition coefficient (Wildman–Crippen LogP) is 3.43. The van der Waals surface area contributed by atoms with Gasteiger partial charge in [0.05, 0.1) is 0 Å². The molecule has 0 rings (SSSR count). The van der Waals surface area contributed by atoms with Gasteiger partial charge in [-0.25, -0.2) is 0 Å². The van der Waals surface area contributed by atoms with Gasteiger partial charge in [0.2, 0.25) is 0 Å². The Labute approximate surface area is 80.8 Å². The molecule has 1 heteroatoms. The molecule has 0 aromatic heterocycles. The van der Waals surface area contributed by atoms with Crippen molar-refractivity contribution in [2.75, 3.05) is 0 Å². The second kappa shape index (κ2) is 6.41. The zero-order chi connectivity index (χ0) is 10.3. The van der Waals surface area contributed by atoms with Crippen LogP contribution in [0.15, 0.2) is 36.0 Å². The quantitative estimate of drug-likeness (QED) is 0.465. The lowest BCUT2D eigenvalue weighted by molar-refractivity contribution is -0.115. The van der Waals surface area contributed by atoms with E-state index in [-0.39, 0.29) is 5.78 Å². The molecule has 0 N–H and O–H groups in total.